The Labute approximate surface area is 90.1 Å². The van der Waals surface area contributed by atoms with E-state index >= 15 is 0 Å². The summed E-state index contributed by atoms with van der Waals surface area (Å²) < 4.78 is 0. The van der Waals surface area contributed by atoms with E-state index < -0.39 is 0 Å². The smallest absolute Gasteiger partial charge is 0.225 e. The van der Waals surface area contributed by atoms with Gasteiger partial charge in [0.25, 0.3) is 0 Å². The summed E-state index contributed by atoms with van der Waals surface area (Å²) in [5.74, 6) is 0.605. The van der Waals surface area contributed by atoms with Gasteiger partial charge in [0.05, 0.1) is 0 Å². The molecule has 14 heavy (non-hydrogen) atoms. The van der Waals surface area contributed by atoms with Gasteiger partial charge in [-0.1, -0.05) is 18.2 Å². The highest BCUT2D eigenvalue weighted by molar-refractivity contribution is 7.80. The van der Waals surface area contributed by atoms with Gasteiger partial charge in [0.2, 0.25) is 5.91 Å². The zero-order chi connectivity index (χ0) is 10.6. The number of carbonyl (C=O) groups is 1. The van der Waals surface area contributed by atoms with Crippen LogP contribution in [0.1, 0.15) is 17.5 Å². The van der Waals surface area contributed by atoms with Gasteiger partial charge in [-0.05, 0) is 30.7 Å². The van der Waals surface area contributed by atoms with E-state index in [2.05, 4.69) is 17.9 Å². The zero-order valence-corrected chi connectivity index (χ0v) is 9.40. The molecule has 0 bridgehead atoms. The van der Waals surface area contributed by atoms with E-state index in [1.54, 1.807) is 0 Å². The van der Waals surface area contributed by atoms with Crippen molar-refractivity contribution in [3.8, 4) is 0 Å². The van der Waals surface area contributed by atoms with E-state index in [0.717, 1.165) is 16.8 Å². The third-order valence-corrected chi connectivity index (χ3v) is 2.31. The Hall–Kier alpha value is -0.960. The first-order valence-electron chi connectivity index (χ1n) is 4.62. The molecule has 0 radical (unpaired) electrons. The van der Waals surface area contributed by atoms with Gasteiger partial charge in [-0.25, -0.2) is 0 Å². The molecule has 0 aliphatic rings. The molecule has 0 fully saturated rings. The topological polar surface area (TPSA) is 29.1 Å². The number of hydrogen-bond donors (Lipinski definition) is 2. The predicted octanol–water partition coefficient (Wildman–Crippen LogP) is 2.56. The zero-order valence-electron chi connectivity index (χ0n) is 8.50. The number of para-hydroxylation sites is 1. The molecule has 0 saturated heterocycles. The molecular formula is C11H15NOS. The third kappa shape index (κ3) is 2.77. The molecule has 0 aliphatic carbocycles. The van der Waals surface area contributed by atoms with Crippen LogP contribution in [0.25, 0.3) is 0 Å². The fourth-order valence-corrected chi connectivity index (χ4v) is 1.52. The Bertz CT molecular complexity index is 316. The minimum atomic E-state index is 0.0254. The van der Waals surface area contributed by atoms with Crippen molar-refractivity contribution in [1.29, 1.82) is 0 Å². The van der Waals surface area contributed by atoms with E-state index in [4.69, 9.17) is 0 Å². The fourth-order valence-electron chi connectivity index (χ4n) is 1.32. The summed E-state index contributed by atoms with van der Waals surface area (Å²) in [5, 5.41) is 2.89. The molecule has 0 atom stereocenters. The lowest BCUT2D eigenvalue weighted by Crippen LogP contribution is -2.13. The van der Waals surface area contributed by atoms with Gasteiger partial charge < -0.3 is 5.32 Å². The summed E-state index contributed by atoms with van der Waals surface area (Å²) in [7, 11) is 0. The van der Waals surface area contributed by atoms with Gasteiger partial charge in [0.1, 0.15) is 0 Å². The minimum absolute atomic E-state index is 0.0254. The van der Waals surface area contributed by atoms with Gasteiger partial charge >= 0.3 is 0 Å². The molecule has 1 N–H and O–H groups in total. The lowest BCUT2D eigenvalue weighted by Gasteiger charge is -2.10. The Morgan fingerprint density at radius 1 is 1.36 bits per heavy atom. The van der Waals surface area contributed by atoms with Crippen LogP contribution in [0.3, 0.4) is 0 Å². The van der Waals surface area contributed by atoms with Crippen molar-refractivity contribution < 1.29 is 4.79 Å². The van der Waals surface area contributed by atoms with Gasteiger partial charge in [0, 0.05) is 12.1 Å². The molecule has 1 aromatic carbocycles. The van der Waals surface area contributed by atoms with Crippen molar-refractivity contribution in [1.82, 2.24) is 0 Å². The molecule has 3 heteroatoms. The first kappa shape index (κ1) is 11.1. The molecule has 2 nitrogen and oxygen atoms in total. The highest BCUT2D eigenvalue weighted by atomic mass is 32.1. The molecule has 0 unspecified atom stereocenters. The second-order valence-electron chi connectivity index (χ2n) is 3.29. The summed E-state index contributed by atoms with van der Waals surface area (Å²) in [6.07, 6.45) is 0.455. The van der Waals surface area contributed by atoms with Crippen molar-refractivity contribution >= 4 is 24.2 Å². The number of hydrogen-bond acceptors (Lipinski definition) is 2. The first-order chi connectivity index (χ1) is 6.65. The summed E-state index contributed by atoms with van der Waals surface area (Å²) >= 11 is 4.02. The van der Waals surface area contributed by atoms with Gasteiger partial charge in [-0.15, -0.1) is 0 Å². The van der Waals surface area contributed by atoms with Gasteiger partial charge in [-0.2, -0.15) is 12.6 Å². The molecule has 0 heterocycles. The Morgan fingerprint density at radius 3 is 2.43 bits per heavy atom. The maximum atomic E-state index is 11.4. The lowest BCUT2D eigenvalue weighted by molar-refractivity contribution is -0.115. The van der Waals surface area contributed by atoms with Gasteiger partial charge in [-0.3, -0.25) is 4.79 Å². The number of aryl methyl sites for hydroxylation is 2. The Morgan fingerprint density at radius 2 is 1.93 bits per heavy atom. The molecule has 1 amide bonds. The summed E-state index contributed by atoms with van der Waals surface area (Å²) in [6.45, 7) is 3.98. The molecule has 0 spiro atoms. The quantitative estimate of drug-likeness (QED) is 0.736. The lowest BCUT2D eigenvalue weighted by atomic mass is 10.1. The van der Waals surface area contributed by atoms with Crippen molar-refractivity contribution in [2.45, 2.75) is 20.3 Å². The number of anilines is 1. The Kier molecular flexibility index (Phi) is 4.01. The van der Waals surface area contributed by atoms with Crippen LogP contribution in [0.2, 0.25) is 0 Å². The van der Waals surface area contributed by atoms with Crippen LogP contribution < -0.4 is 5.32 Å². The molecule has 0 saturated carbocycles. The van der Waals surface area contributed by atoms with E-state index in [1.807, 2.05) is 32.0 Å². The average Bonchev–Trinajstić information content (AvgIpc) is 2.12. The number of rotatable bonds is 3. The molecular weight excluding hydrogens is 194 g/mol. The van der Waals surface area contributed by atoms with Gasteiger partial charge in [0.15, 0.2) is 0 Å². The molecule has 0 aliphatic heterocycles. The van der Waals surface area contributed by atoms with Crippen LogP contribution in [-0.2, 0) is 4.79 Å². The molecule has 76 valence electrons. The van der Waals surface area contributed by atoms with Crippen LogP contribution in [0.4, 0.5) is 5.69 Å². The van der Waals surface area contributed by atoms with Crippen molar-refractivity contribution in [3.63, 3.8) is 0 Å². The average molecular weight is 209 g/mol. The van der Waals surface area contributed by atoms with Crippen LogP contribution in [0, 0.1) is 13.8 Å². The highest BCUT2D eigenvalue weighted by Gasteiger charge is 2.05. The predicted molar refractivity (Wildman–Crippen MR) is 63.0 cm³/mol. The van der Waals surface area contributed by atoms with E-state index in [0.29, 0.717) is 12.2 Å². The normalized spacial score (nSPS) is 9.93. The maximum Gasteiger partial charge on any atom is 0.225 e. The molecule has 1 aromatic rings. The maximum absolute atomic E-state index is 11.4. The second-order valence-corrected chi connectivity index (χ2v) is 3.74. The minimum Gasteiger partial charge on any atom is -0.326 e. The number of benzene rings is 1. The van der Waals surface area contributed by atoms with E-state index in [9.17, 15) is 4.79 Å². The second kappa shape index (κ2) is 5.05. The standard InChI is InChI=1S/C11H15NOS/c1-8-4-3-5-9(2)11(8)12-10(13)6-7-14/h3-5,14H,6-7H2,1-2H3,(H,12,13). The SMILES string of the molecule is Cc1cccc(C)c1NC(=O)CCS. The monoisotopic (exact) mass is 209 g/mol. The number of amides is 1. The molecule has 1 rings (SSSR count). The number of carbonyl (C=O) groups excluding carboxylic acids is 1. The largest absolute Gasteiger partial charge is 0.326 e. The van der Waals surface area contributed by atoms with Crippen LogP contribution in [0.15, 0.2) is 18.2 Å². The van der Waals surface area contributed by atoms with Crippen LogP contribution >= 0.6 is 12.6 Å². The summed E-state index contributed by atoms with van der Waals surface area (Å²) in [4.78, 5) is 11.4. The Balaban J connectivity index is 2.80. The highest BCUT2D eigenvalue weighted by Crippen LogP contribution is 2.19. The molecule has 0 aromatic heterocycles. The van der Waals surface area contributed by atoms with Crippen molar-refractivity contribution in [2.24, 2.45) is 0 Å². The fraction of sp³-hybridized carbons (Fsp3) is 0.364. The van der Waals surface area contributed by atoms with E-state index in [-0.39, 0.29) is 5.91 Å². The number of thiol groups is 1. The summed E-state index contributed by atoms with van der Waals surface area (Å²) in [5.41, 5.74) is 3.12. The summed E-state index contributed by atoms with van der Waals surface area (Å²) in [6, 6.07) is 5.96. The van der Waals surface area contributed by atoms with E-state index in [1.165, 1.54) is 0 Å². The van der Waals surface area contributed by atoms with Crippen molar-refractivity contribution in [2.75, 3.05) is 11.1 Å². The number of nitrogens with one attached hydrogen (secondary N) is 1. The van der Waals surface area contributed by atoms with Crippen LogP contribution in [-0.4, -0.2) is 11.7 Å². The van der Waals surface area contributed by atoms with Crippen molar-refractivity contribution in [3.05, 3.63) is 29.3 Å². The van der Waals surface area contributed by atoms with Crippen LogP contribution in [0.5, 0.6) is 0 Å². The first-order valence-corrected chi connectivity index (χ1v) is 5.25. The third-order valence-electron chi connectivity index (χ3n) is 2.08.